The molecular formula is C22H23N5O2. The maximum absolute atomic E-state index is 13.2. The second kappa shape index (κ2) is 7.09. The highest BCUT2D eigenvalue weighted by Crippen LogP contribution is 2.37. The van der Waals surface area contributed by atoms with E-state index >= 15 is 0 Å². The van der Waals surface area contributed by atoms with Gasteiger partial charge in [-0.1, -0.05) is 18.2 Å². The van der Waals surface area contributed by atoms with Gasteiger partial charge in [0.1, 0.15) is 5.60 Å². The third-order valence-corrected chi connectivity index (χ3v) is 4.41. The summed E-state index contributed by atoms with van der Waals surface area (Å²) in [4.78, 5) is 14.8. The summed E-state index contributed by atoms with van der Waals surface area (Å²) in [6, 6.07) is 13.4. The molecule has 0 atom stereocenters. The smallest absolute Gasteiger partial charge is 0.419 e. The van der Waals surface area contributed by atoms with E-state index in [9.17, 15) is 4.79 Å². The molecule has 0 unspecified atom stereocenters. The first-order chi connectivity index (χ1) is 13.8. The Morgan fingerprint density at radius 3 is 2.52 bits per heavy atom. The molecule has 0 radical (unpaired) electrons. The van der Waals surface area contributed by atoms with Crippen LogP contribution >= 0.6 is 0 Å². The number of aromatic nitrogens is 4. The van der Waals surface area contributed by atoms with Gasteiger partial charge in [0, 0.05) is 24.2 Å². The minimum absolute atomic E-state index is 0.450. The summed E-state index contributed by atoms with van der Waals surface area (Å²) in [5.41, 5.74) is 3.48. The molecular weight excluding hydrogens is 366 g/mol. The number of nitrogens with one attached hydrogen (secondary N) is 1. The van der Waals surface area contributed by atoms with Crippen molar-refractivity contribution in [2.75, 3.05) is 4.90 Å². The van der Waals surface area contributed by atoms with E-state index in [0.29, 0.717) is 11.4 Å². The number of carbonyl (C=O) groups excluding carboxylic acids is 1. The molecule has 0 saturated carbocycles. The van der Waals surface area contributed by atoms with E-state index in [0.717, 1.165) is 22.0 Å². The zero-order valence-corrected chi connectivity index (χ0v) is 16.9. The van der Waals surface area contributed by atoms with Crippen LogP contribution in [0.25, 0.3) is 22.0 Å². The van der Waals surface area contributed by atoms with Gasteiger partial charge in [-0.2, -0.15) is 10.2 Å². The van der Waals surface area contributed by atoms with Gasteiger partial charge in [-0.25, -0.2) is 9.69 Å². The molecule has 4 rings (SSSR count). The van der Waals surface area contributed by atoms with Crippen molar-refractivity contribution in [3.05, 3.63) is 61.1 Å². The standard InChI is InChI=1S/C22H23N5O2/c1-22(2,3)29-21(28)27(17-8-6-5-7-9-17)20-11-15(16-12-24-26(4)14-16)10-19-18(20)13-23-25-19/h5-14H,1-4H3,(H,23,25). The normalized spacial score (nSPS) is 11.6. The number of aryl methyl sites for hydroxylation is 1. The monoisotopic (exact) mass is 389 g/mol. The molecule has 0 aliphatic rings. The number of para-hydroxylation sites is 1. The molecule has 1 amide bonds. The fourth-order valence-electron chi connectivity index (χ4n) is 3.18. The van der Waals surface area contributed by atoms with Crippen LogP contribution in [0.1, 0.15) is 20.8 Å². The number of ether oxygens (including phenoxy) is 1. The van der Waals surface area contributed by atoms with Gasteiger partial charge in [0.15, 0.2) is 0 Å². The van der Waals surface area contributed by atoms with Gasteiger partial charge < -0.3 is 4.74 Å². The van der Waals surface area contributed by atoms with Gasteiger partial charge in [0.25, 0.3) is 0 Å². The van der Waals surface area contributed by atoms with E-state index in [1.165, 1.54) is 0 Å². The molecule has 2 aromatic heterocycles. The maximum atomic E-state index is 13.2. The molecule has 4 aromatic rings. The predicted molar refractivity (Wildman–Crippen MR) is 113 cm³/mol. The SMILES string of the molecule is Cn1cc(-c2cc(N(C(=O)OC(C)(C)C)c3ccccc3)c3cn[nH]c3c2)cn1. The lowest BCUT2D eigenvalue weighted by molar-refractivity contribution is 0.0599. The van der Waals surface area contributed by atoms with Gasteiger partial charge in [-0.15, -0.1) is 0 Å². The zero-order valence-electron chi connectivity index (χ0n) is 16.9. The Hall–Kier alpha value is -3.61. The van der Waals surface area contributed by atoms with Crippen LogP contribution in [-0.2, 0) is 11.8 Å². The molecule has 7 nitrogen and oxygen atoms in total. The lowest BCUT2D eigenvalue weighted by Crippen LogP contribution is -2.34. The second-order valence-electron chi connectivity index (χ2n) is 7.88. The highest BCUT2D eigenvalue weighted by atomic mass is 16.6. The fourth-order valence-corrected chi connectivity index (χ4v) is 3.18. The molecule has 1 N–H and O–H groups in total. The molecule has 0 fully saturated rings. The average molecular weight is 389 g/mol. The van der Waals surface area contributed by atoms with Crippen molar-refractivity contribution >= 4 is 28.4 Å². The van der Waals surface area contributed by atoms with Gasteiger partial charge in [0.2, 0.25) is 0 Å². The Kier molecular flexibility index (Phi) is 4.58. The zero-order chi connectivity index (χ0) is 20.6. The largest absolute Gasteiger partial charge is 0.443 e. The minimum Gasteiger partial charge on any atom is -0.443 e. The van der Waals surface area contributed by atoms with Crippen LogP contribution in [0.15, 0.2) is 61.1 Å². The number of fused-ring (bicyclic) bond motifs is 1. The fraction of sp³-hybridized carbons (Fsp3) is 0.227. The van der Waals surface area contributed by atoms with E-state index in [-0.39, 0.29) is 0 Å². The van der Waals surface area contributed by atoms with Crippen LogP contribution in [0, 0.1) is 0 Å². The van der Waals surface area contributed by atoms with Gasteiger partial charge >= 0.3 is 6.09 Å². The third kappa shape index (κ3) is 3.85. The summed E-state index contributed by atoms with van der Waals surface area (Å²) in [5, 5.41) is 12.3. The first-order valence-electron chi connectivity index (χ1n) is 9.36. The number of anilines is 2. The van der Waals surface area contributed by atoms with Crippen LogP contribution < -0.4 is 4.90 Å². The van der Waals surface area contributed by atoms with E-state index in [4.69, 9.17) is 4.74 Å². The lowest BCUT2D eigenvalue weighted by Gasteiger charge is -2.28. The lowest BCUT2D eigenvalue weighted by atomic mass is 10.0. The van der Waals surface area contributed by atoms with E-state index in [1.54, 1.807) is 22.0 Å². The highest BCUT2D eigenvalue weighted by molar-refractivity contribution is 6.06. The number of aromatic amines is 1. The summed E-state index contributed by atoms with van der Waals surface area (Å²) in [7, 11) is 1.87. The number of benzene rings is 2. The van der Waals surface area contributed by atoms with Crippen molar-refractivity contribution in [2.24, 2.45) is 7.05 Å². The third-order valence-electron chi connectivity index (χ3n) is 4.41. The second-order valence-corrected chi connectivity index (χ2v) is 7.88. The first-order valence-corrected chi connectivity index (χ1v) is 9.36. The Morgan fingerprint density at radius 1 is 1.10 bits per heavy atom. The molecule has 29 heavy (non-hydrogen) atoms. The van der Waals surface area contributed by atoms with Crippen molar-refractivity contribution in [2.45, 2.75) is 26.4 Å². The molecule has 2 heterocycles. The topological polar surface area (TPSA) is 76.0 Å². The van der Waals surface area contributed by atoms with Gasteiger partial charge in [0.05, 0.1) is 29.3 Å². The quantitative estimate of drug-likeness (QED) is 0.533. The van der Waals surface area contributed by atoms with Crippen molar-refractivity contribution in [3.8, 4) is 11.1 Å². The van der Waals surface area contributed by atoms with Crippen molar-refractivity contribution in [3.63, 3.8) is 0 Å². The number of H-pyrrole nitrogens is 1. The van der Waals surface area contributed by atoms with Crippen LogP contribution in [0.5, 0.6) is 0 Å². The Labute approximate surface area is 168 Å². The molecule has 0 bridgehead atoms. The Bertz CT molecular complexity index is 1150. The van der Waals surface area contributed by atoms with E-state index in [2.05, 4.69) is 15.3 Å². The van der Waals surface area contributed by atoms with Gasteiger partial charge in [-0.3, -0.25) is 9.78 Å². The van der Waals surface area contributed by atoms with Crippen LogP contribution in [0.2, 0.25) is 0 Å². The Balaban J connectivity index is 1.92. The van der Waals surface area contributed by atoms with E-state index < -0.39 is 11.7 Å². The number of carbonyl (C=O) groups is 1. The maximum Gasteiger partial charge on any atom is 0.419 e. The summed E-state index contributed by atoms with van der Waals surface area (Å²) in [6.07, 6.45) is 5.00. The van der Waals surface area contributed by atoms with Crippen molar-refractivity contribution in [1.82, 2.24) is 20.0 Å². The van der Waals surface area contributed by atoms with Crippen LogP contribution in [0.3, 0.4) is 0 Å². The summed E-state index contributed by atoms with van der Waals surface area (Å²) in [5.74, 6) is 0. The minimum atomic E-state index is -0.624. The predicted octanol–water partition coefficient (Wildman–Crippen LogP) is 5.04. The van der Waals surface area contributed by atoms with E-state index in [1.807, 2.05) is 76.5 Å². The molecule has 7 heteroatoms. The van der Waals surface area contributed by atoms with Crippen molar-refractivity contribution in [1.29, 1.82) is 0 Å². The van der Waals surface area contributed by atoms with Crippen LogP contribution in [-0.4, -0.2) is 31.7 Å². The molecule has 0 aliphatic heterocycles. The number of hydrogen-bond acceptors (Lipinski definition) is 4. The highest BCUT2D eigenvalue weighted by Gasteiger charge is 2.27. The molecule has 2 aromatic carbocycles. The summed E-state index contributed by atoms with van der Waals surface area (Å²) < 4.78 is 7.47. The number of rotatable bonds is 3. The molecule has 0 spiro atoms. The van der Waals surface area contributed by atoms with Gasteiger partial charge in [-0.05, 0) is 50.6 Å². The first kappa shape index (κ1) is 18.7. The van der Waals surface area contributed by atoms with Crippen LogP contribution in [0.4, 0.5) is 16.2 Å². The van der Waals surface area contributed by atoms with Crippen molar-refractivity contribution < 1.29 is 9.53 Å². The number of nitrogens with zero attached hydrogens (tertiary/aromatic N) is 4. The molecule has 0 saturated heterocycles. The summed E-state index contributed by atoms with van der Waals surface area (Å²) in [6.45, 7) is 5.56. The summed E-state index contributed by atoms with van der Waals surface area (Å²) >= 11 is 0. The average Bonchev–Trinajstić information content (AvgIpc) is 3.30. The number of hydrogen-bond donors (Lipinski definition) is 1. The molecule has 148 valence electrons. The number of amides is 1. The Morgan fingerprint density at radius 2 is 1.86 bits per heavy atom. The molecule has 0 aliphatic carbocycles.